The van der Waals surface area contributed by atoms with E-state index in [1.807, 2.05) is 31.3 Å². The van der Waals surface area contributed by atoms with Gasteiger partial charge in [-0.2, -0.15) is 5.06 Å². The van der Waals surface area contributed by atoms with E-state index in [2.05, 4.69) is 144 Å². The van der Waals surface area contributed by atoms with Gasteiger partial charge in [0, 0.05) is 19.3 Å². The van der Waals surface area contributed by atoms with Gasteiger partial charge < -0.3 is 13.6 Å². The minimum Gasteiger partial charge on any atom is -0.404 e. The Kier molecular flexibility index (Phi) is 10.4. The van der Waals surface area contributed by atoms with Crippen LogP contribution in [0.1, 0.15) is 47.8 Å². The summed E-state index contributed by atoms with van der Waals surface area (Å²) in [6.45, 7) is 13.4. The van der Waals surface area contributed by atoms with Gasteiger partial charge in [0.2, 0.25) is 9.04 Å². The third-order valence-electron chi connectivity index (χ3n) is 10.9. The van der Waals surface area contributed by atoms with E-state index in [1.54, 1.807) is 5.06 Å². The maximum absolute atomic E-state index is 13.6. The highest BCUT2D eigenvalue weighted by Crippen LogP contribution is 2.53. The number of H-pyrrole nitrogens is 1. The first-order chi connectivity index (χ1) is 25.8. The van der Waals surface area contributed by atoms with Crippen LogP contribution in [0.2, 0.25) is 5.04 Å². The van der Waals surface area contributed by atoms with Gasteiger partial charge >= 0.3 is 5.69 Å². The van der Waals surface area contributed by atoms with Crippen molar-refractivity contribution in [1.82, 2.24) is 14.6 Å². The summed E-state index contributed by atoms with van der Waals surface area (Å²) >= 11 is 0. The third-order valence-corrected chi connectivity index (χ3v) is 18.4. The number of aromatic amines is 1. The molecule has 4 aromatic carbocycles. The van der Waals surface area contributed by atoms with E-state index in [9.17, 15) is 9.59 Å². The fraction of sp³-hybridized carbons (Fsp3) is 0.349. The maximum atomic E-state index is 13.6. The van der Waals surface area contributed by atoms with Crippen molar-refractivity contribution in [1.29, 1.82) is 0 Å². The molecule has 2 aliphatic rings. The summed E-state index contributed by atoms with van der Waals surface area (Å²) in [6, 6.07) is 42.7. The summed E-state index contributed by atoms with van der Waals surface area (Å²) < 4.78 is 24.7. The molecule has 2 fully saturated rings. The standard InChI is InChI=1S/C43H51N3O6Si2/c1-41(2,3)39(51-53(31-20-12-8-13-21-31)32-22-14-9-15-23-32)43-30-49-45(7)36(38(50-43)46-29-28-35(47)44-40(46)48)37(43)52-54(42(4,5)6,33-24-16-10-17-25-33)34-26-18-11-19-27-34/h8-29,36-39,53H,30H2,1-7H3,(H,44,47,48). The van der Waals surface area contributed by atoms with Gasteiger partial charge in [0.1, 0.15) is 24.4 Å². The van der Waals surface area contributed by atoms with Crippen LogP contribution in [0.25, 0.3) is 0 Å². The Labute approximate surface area is 320 Å². The molecule has 0 saturated carbocycles. The topological polar surface area (TPSA) is 95.0 Å². The molecule has 2 aliphatic heterocycles. The van der Waals surface area contributed by atoms with Gasteiger partial charge in [-0.3, -0.25) is 19.2 Å². The Morgan fingerprint density at radius 3 is 1.74 bits per heavy atom. The van der Waals surface area contributed by atoms with Gasteiger partial charge in [-0.05, 0) is 31.2 Å². The van der Waals surface area contributed by atoms with E-state index < -0.39 is 64.1 Å². The second kappa shape index (κ2) is 14.8. The molecule has 5 unspecified atom stereocenters. The number of hydroxylamine groups is 2. The summed E-state index contributed by atoms with van der Waals surface area (Å²) in [7, 11) is -3.75. The van der Waals surface area contributed by atoms with Gasteiger partial charge in [-0.15, -0.1) is 0 Å². The van der Waals surface area contributed by atoms with Crippen LogP contribution in [-0.4, -0.2) is 69.5 Å². The molecule has 0 amide bonds. The molecule has 1 aromatic heterocycles. The summed E-state index contributed by atoms with van der Waals surface area (Å²) in [5, 5.41) is 5.93. The highest BCUT2D eigenvalue weighted by molar-refractivity contribution is 6.99. The average Bonchev–Trinajstić information content (AvgIpc) is 3.38. The quantitative estimate of drug-likeness (QED) is 0.216. The van der Waals surface area contributed by atoms with E-state index in [-0.39, 0.29) is 11.6 Å². The molecule has 1 N–H and O–H groups in total. The van der Waals surface area contributed by atoms with Crippen LogP contribution in [0.15, 0.2) is 143 Å². The average molecular weight is 762 g/mol. The SMILES string of the molecule is CN1OCC2(C(O[SiH](c3ccccc3)c3ccccc3)C(C)(C)C)OC(n3ccc(=O)[nH]c3=O)C1C2O[Si](c1ccccc1)(c1ccccc1)C(C)(C)C. The van der Waals surface area contributed by atoms with Crippen molar-refractivity contribution in [3.63, 3.8) is 0 Å². The van der Waals surface area contributed by atoms with E-state index >= 15 is 0 Å². The number of fused-ring (bicyclic) bond motifs is 2. The number of hydrogen-bond acceptors (Lipinski definition) is 7. The zero-order valence-electron chi connectivity index (χ0n) is 32.1. The summed E-state index contributed by atoms with van der Waals surface area (Å²) in [6.07, 6.45) is -0.610. The van der Waals surface area contributed by atoms with Crippen LogP contribution in [0, 0.1) is 5.41 Å². The lowest BCUT2D eigenvalue weighted by Crippen LogP contribution is -2.75. The molecule has 9 nitrogen and oxygen atoms in total. The molecule has 5 atom stereocenters. The third kappa shape index (κ3) is 6.83. The molecule has 0 spiro atoms. The molecule has 7 rings (SSSR count). The zero-order valence-corrected chi connectivity index (χ0v) is 34.3. The van der Waals surface area contributed by atoms with Crippen molar-refractivity contribution in [2.75, 3.05) is 13.7 Å². The van der Waals surface area contributed by atoms with Crippen LogP contribution in [0.4, 0.5) is 0 Å². The lowest BCUT2D eigenvalue weighted by atomic mass is 9.75. The molecule has 2 saturated heterocycles. The van der Waals surface area contributed by atoms with Crippen LogP contribution in [-0.2, 0) is 18.4 Å². The summed E-state index contributed by atoms with van der Waals surface area (Å²) in [4.78, 5) is 35.0. The van der Waals surface area contributed by atoms with Crippen molar-refractivity contribution >= 4 is 38.1 Å². The molecular formula is C43H51N3O6Si2. The summed E-state index contributed by atoms with van der Waals surface area (Å²) in [5.41, 5.74) is -2.76. The number of nitrogens with zero attached hydrogens (tertiary/aromatic N) is 2. The zero-order chi connectivity index (χ0) is 38.3. The van der Waals surface area contributed by atoms with Gasteiger partial charge in [0.05, 0.1) is 6.10 Å². The maximum Gasteiger partial charge on any atom is 0.330 e. The molecule has 2 bridgehead atoms. The van der Waals surface area contributed by atoms with Gasteiger partial charge in [-0.1, -0.05) is 163 Å². The first-order valence-corrected chi connectivity index (χ1v) is 22.2. The number of benzene rings is 4. The molecule has 0 radical (unpaired) electrons. The Morgan fingerprint density at radius 1 is 0.778 bits per heavy atom. The lowest BCUT2D eigenvalue weighted by molar-refractivity contribution is -0.271. The van der Waals surface area contributed by atoms with Crippen LogP contribution >= 0.6 is 0 Å². The molecule has 54 heavy (non-hydrogen) atoms. The minimum absolute atomic E-state index is 0.115. The number of rotatable bonds is 10. The second-order valence-electron chi connectivity index (χ2n) is 16.6. The Morgan fingerprint density at radius 2 is 1.28 bits per heavy atom. The first-order valence-electron chi connectivity index (χ1n) is 18.7. The van der Waals surface area contributed by atoms with Crippen molar-refractivity contribution < 1.29 is 18.4 Å². The normalized spacial score (nSPS) is 22.7. The molecule has 5 aromatic rings. The fourth-order valence-electron chi connectivity index (χ4n) is 8.56. The van der Waals surface area contributed by atoms with Crippen LogP contribution < -0.4 is 32.0 Å². The van der Waals surface area contributed by atoms with E-state index in [1.165, 1.54) is 16.8 Å². The second-order valence-corrected chi connectivity index (χ2v) is 23.2. The van der Waals surface area contributed by atoms with Crippen molar-refractivity contribution in [3.8, 4) is 0 Å². The van der Waals surface area contributed by atoms with Gasteiger partial charge in [-0.25, -0.2) is 4.79 Å². The lowest BCUT2D eigenvalue weighted by Gasteiger charge is -2.54. The Hall–Kier alpha value is -4.21. The number of ether oxygens (including phenoxy) is 1. The van der Waals surface area contributed by atoms with Crippen LogP contribution in [0.5, 0.6) is 0 Å². The molecule has 3 heterocycles. The predicted molar refractivity (Wildman–Crippen MR) is 218 cm³/mol. The molecular weight excluding hydrogens is 711 g/mol. The molecule has 282 valence electrons. The fourth-order valence-corrected chi connectivity index (χ4v) is 16.0. The van der Waals surface area contributed by atoms with Gasteiger partial charge in [0.15, 0.2) is 6.23 Å². The predicted octanol–water partition coefficient (Wildman–Crippen LogP) is 3.96. The van der Waals surface area contributed by atoms with E-state index in [4.69, 9.17) is 18.4 Å². The number of likely N-dealkylation sites (N-methyl/N-ethyl adjacent to an activating group) is 1. The van der Waals surface area contributed by atoms with Crippen molar-refractivity contribution in [2.45, 2.75) is 76.7 Å². The minimum atomic E-state index is -3.23. The van der Waals surface area contributed by atoms with Gasteiger partial charge in [0.25, 0.3) is 13.9 Å². The summed E-state index contributed by atoms with van der Waals surface area (Å²) in [5.74, 6) is 0. The highest BCUT2D eigenvalue weighted by atomic mass is 28.4. The van der Waals surface area contributed by atoms with E-state index in [0.717, 1.165) is 20.7 Å². The highest BCUT2D eigenvalue weighted by Gasteiger charge is 2.70. The smallest absolute Gasteiger partial charge is 0.330 e. The number of hydrogen-bond donors (Lipinski definition) is 1. The molecule has 0 aliphatic carbocycles. The van der Waals surface area contributed by atoms with Crippen LogP contribution in [0.3, 0.4) is 0 Å². The Balaban J connectivity index is 1.49. The Bertz CT molecular complexity index is 2060. The van der Waals surface area contributed by atoms with E-state index in [0.29, 0.717) is 0 Å². The first kappa shape index (κ1) is 38.1. The van der Waals surface area contributed by atoms with Crippen molar-refractivity contribution in [2.24, 2.45) is 5.41 Å². The largest absolute Gasteiger partial charge is 0.404 e. The monoisotopic (exact) mass is 761 g/mol. The number of nitrogens with one attached hydrogen (secondary N) is 1. The molecule has 11 heteroatoms. The number of aromatic nitrogens is 2. The van der Waals surface area contributed by atoms with Crippen molar-refractivity contribution in [3.05, 3.63) is 154 Å².